The Bertz CT molecular complexity index is 823. The molecule has 0 saturated heterocycles. The topological polar surface area (TPSA) is 25.2 Å². The summed E-state index contributed by atoms with van der Waals surface area (Å²) in [6.07, 6.45) is 4.59. The molecule has 3 heterocycles. The number of nitrogens with zero attached hydrogens (tertiary/aromatic N) is 2. The van der Waals surface area contributed by atoms with Crippen LogP contribution in [0.5, 0.6) is 0 Å². The maximum Gasteiger partial charge on any atom is 0.223 e. The van der Waals surface area contributed by atoms with Gasteiger partial charge in [-0.15, -0.1) is 11.3 Å². The van der Waals surface area contributed by atoms with Crippen molar-refractivity contribution in [3.05, 3.63) is 82.3 Å². The van der Waals surface area contributed by atoms with E-state index in [1.165, 1.54) is 16.1 Å². The minimum atomic E-state index is 0.0629. The molecule has 1 amide bonds. The van der Waals surface area contributed by atoms with Gasteiger partial charge in [0.25, 0.3) is 0 Å². The highest BCUT2D eigenvalue weighted by molar-refractivity contribution is 7.10. The molecule has 0 N–H and O–H groups in total. The van der Waals surface area contributed by atoms with Gasteiger partial charge in [0.1, 0.15) is 6.04 Å². The highest BCUT2D eigenvalue weighted by Crippen LogP contribution is 2.35. The number of thiophene rings is 1. The Morgan fingerprint density at radius 3 is 2.72 bits per heavy atom. The third-order valence-corrected chi connectivity index (χ3v) is 5.79. The van der Waals surface area contributed by atoms with Crippen molar-refractivity contribution in [2.24, 2.45) is 0 Å². The van der Waals surface area contributed by atoms with Crippen molar-refractivity contribution in [2.75, 3.05) is 6.54 Å². The van der Waals surface area contributed by atoms with Gasteiger partial charge in [0, 0.05) is 36.3 Å². The molecule has 1 aliphatic heterocycles. The molecule has 1 unspecified atom stereocenters. The quantitative estimate of drug-likeness (QED) is 0.665. The first kappa shape index (κ1) is 16.2. The zero-order valence-corrected chi connectivity index (χ0v) is 15.0. The Morgan fingerprint density at radius 2 is 1.92 bits per heavy atom. The van der Waals surface area contributed by atoms with Crippen LogP contribution in [0.1, 0.15) is 35.0 Å². The summed E-state index contributed by atoms with van der Waals surface area (Å²) in [7, 11) is 0. The van der Waals surface area contributed by atoms with Crippen molar-refractivity contribution in [3.63, 3.8) is 0 Å². The number of benzene rings is 1. The van der Waals surface area contributed by atoms with Gasteiger partial charge in [-0.1, -0.05) is 36.4 Å². The average Bonchev–Trinajstić information content (AvgIpc) is 3.33. The molecule has 1 atom stereocenters. The molecule has 1 aromatic carbocycles. The van der Waals surface area contributed by atoms with Gasteiger partial charge in [-0.2, -0.15) is 0 Å². The number of amides is 1. The molecule has 3 aromatic rings. The number of hydrogen-bond donors (Lipinski definition) is 0. The number of fused-ring (bicyclic) bond motifs is 1. The number of carbonyl (C=O) groups excluding carboxylic acids is 1. The van der Waals surface area contributed by atoms with Gasteiger partial charge in [0.05, 0.1) is 0 Å². The van der Waals surface area contributed by atoms with Crippen LogP contribution in [0, 0.1) is 0 Å². The van der Waals surface area contributed by atoms with Crippen LogP contribution in [0.25, 0.3) is 0 Å². The first-order chi connectivity index (χ1) is 12.3. The molecule has 1 aliphatic rings. The molecule has 0 saturated carbocycles. The molecular formula is C21H22N2OS. The number of aromatic nitrogens is 1. The van der Waals surface area contributed by atoms with Crippen LogP contribution < -0.4 is 0 Å². The SMILES string of the molecule is O=C(CCCc1ccccc1)N1CCn2cccc2C1c1cccs1. The highest BCUT2D eigenvalue weighted by Gasteiger charge is 2.32. The molecule has 128 valence electrons. The summed E-state index contributed by atoms with van der Waals surface area (Å²) in [5.41, 5.74) is 2.53. The van der Waals surface area contributed by atoms with Crippen molar-refractivity contribution < 1.29 is 4.79 Å². The number of aryl methyl sites for hydroxylation is 1. The lowest BCUT2D eigenvalue weighted by Crippen LogP contribution is -2.42. The van der Waals surface area contributed by atoms with E-state index in [1.807, 2.05) is 6.07 Å². The van der Waals surface area contributed by atoms with E-state index in [0.29, 0.717) is 6.42 Å². The fraction of sp³-hybridized carbons (Fsp3) is 0.286. The molecule has 4 rings (SSSR count). The molecular weight excluding hydrogens is 328 g/mol. The zero-order chi connectivity index (χ0) is 17.1. The number of rotatable bonds is 5. The maximum atomic E-state index is 12.9. The van der Waals surface area contributed by atoms with E-state index in [2.05, 4.69) is 69.6 Å². The van der Waals surface area contributed by atoms with Crippen LogP contribution in [0.2, 0.25) is 0 Å². The van der Waals surface area contributed by atoms with Crippen LogP contribution in [-0.2, 0) is 17.8 Å². The minimum Gasteiger partial charge on any atom is -0.347 e. The predicted molar refractivity (Wildman–Crippen MR) is 102 cm³/mol. The Kier molecular flexibility index (Phi) is 4.70. The van der Waals surface area contributed by atoms with Gasteiger partial charge in [0.15, 0.2) is 0 Å². The second-order valence-corrected chi connectivity index (χ2v) is 7.45. The van der Waals surface area contributed by atoms with Gasteiger partial charge in [-0.25, -0.2) is 0 Å². The van der Waals surface area contributed by atoms with E-state index in [-0.39, 0.29) is 11.9 Å². The number of hydrogen-bond acceptors (Lipinski definition) is 2. The largest absolute Gasteiger partial charge is 0.347 e. The molecule has 25 heavy (non-hydrogen) atoms. The summed E-state index contributed by atoms with van der Waals surface area (Å²) >= 11 is 1.73. The smallest absolute Gasteiger partial charge is 0.223 e. The van der Waals surface area contributed by atoms with Gasteiger partial charge in [-0.05, 0) is 42.0 Å². The van der Waals surface area contributed by atoms with Crippen molar-refractivity contribution in [2.45, 2.75) is 31.8 Å². The molecule has 4 heteroatoms. The molecule has 0 bridgehead atoms. The van der Waals surface area contributed by atoms with Crippen LogP contribution in [-0.4, -0.2) is 21.9 Å². The first-order valence-corrected chi connectivity index (χ1v) is 9.73. The fourth-order valence-corrected chi connectivity index (χ4v) is 4.48. The standard InChI is InChI=1S/C21H22N2OS/c24-20(12-4-9-17-7-2-1-3-8-17)23-15-14-22-13-5-10-18(22)21(23)19-11-6-16-25-19/h1-3,5-8,10-11,13,16,21H,4,9,12,14-15H2. The minimum absolute atomic E-state index is 0.0629. The van der Waals surface area contributed by atoms with Gasteiger partial charge < -0.3 is 9.47 Å². The third kappa shape index (κ3) is 3.40. The Morgan fingerprint density at radius 1 is 1.04 bits per heavy atom. The highest BCUT2D eigenvalue weighted by atomic mass is 32.1. The van der Waals surface area contributed by atoms with Crippen LogP contribution in [0.4, 0.5) is 0 Å². The predicted octanol–water partition coefficient (Wildman–Crippen LogP) is 4.50. The van der Waals surface area contributed by atoms with E-state index < -0.39 is 0 Å². The maximum absolute atomic E-state index is 12.9. The lowest BCUT2D eigenvalue weighted by molar-refractivity contribution is -0.133. The molecule has 0 fully saturated rings. The molecule has 0 radical (unpaired) electrons. The third-order valence-electron chi connectivity index (χ3n) is 4.87. The lowest BCUT2D eigenvalue weighted by Gasteiger charge is -2.36. The monoisotopic (exact) mass is 350 g/mol. The van der Waals surface area contributed by atoms with E-state index in [9.17, 15) is 4.79 Å². The second kappa shape index (κ2) is 7.28. The lowest BCUT2D eigenvalue weighted by atomic mass is 10.0. The van der Waals surface area contributed by atoms with E-state index in [0.717, 1.165) is 25.9 Å². The molecule has 0 aliphatic carbocycles. The van der Waals surface area contributed by atoms with Crippen LogP contribution >= 0.6 is 11.3 Å². The van der Waals surface area contributed by atoms with E-state index in [1.54, 1.807) is 11.3 Å². The van der Waals surface area contributed by atoms with Crippen molar-refractivity contribution in [1.29, 1.82) is 0 Å². The van der Waals surface area contributed by atoms with Crippen LogP contribution in [0.3, 0.4) is 0 Å². The molecule has 3 nitrogen and oxygen atoms in total. The zero-order valence-electron chi connectivity index (χ0n) is 14.2. The average molecular weight is 350 g/mol. The summed E-state index contributed by atoms with van der Waals surface area (Å²) < 4.78 is 2.28. The van der Waals surface area contributed by atoms with Gasteiger partial charge in [-0.3, -0.25) is 4.79 Å². The Labute approximate surface area is 152 Å². The summed E-state index contributed by atoms with van der Waals surface area (Å²) in [4.78, 5) is 16.3. The van der Waals surface area contributed by atoms with Crippen molar-refractivity contribution in [1.82, 2.24) is 9.47 Å². The summed E-state index contributed by atoms with van der Waals surface area (Å²) in [6, 6.07) is 18.9. The van der Waals surface area contributed by atoms with E-state index >= 15 is 0 Å². The first-order valence-electron chi connectivity index (χ1n) is 8.85. The fourth-order valence-electron chi connectivity index (χ4n) is 3.63. The Balaban J connectivity index is 1.47. The molecule has 2 aromatic heterocycles. The van der Waals surface area contributed by atoms with Crippen LogP contribution in [0.15, 0.2) is 66.2 Å². The van der Waals surface area contributed by atoms with Crippen molar-refractivity contribution in [3.8, 4) is 0 Å². The summed E-state index contributed by atoms with van der Waals surface area (Å²) in [5.74, 6) is 0.266. The number of carbonyl (C=O) groups is 1. The Hall–Kier alpha value is -2.33. The summed E-state index contributed by atoms with van der Waals surface area (Å²) in [5, 5.41) is 2.09. The van der Waals surface area contributed by atoms with E-state index in [4.69, 9.17) is 0 Å². The van der Waals surface area contributed by atoms with Crippen molar-refractivity contribution >= 4 is 17.2 Å². The van der Waals surface area contributed by atoms with Gasteiger partial charge >= 0.3 is 0 Å². The normalized spacial score (nSPS) is 16.6. The molecule has 0 spiro atoms. The second-order valence-electron chi connectivity index (χ2n) is 6.47. The van der Waals surface area contributed by atoms with Gasteiger partial charge in [0.2, 0.25) is 5.91 Å². The summed E-state index contributed by atoms with van der Waals surface area (Å²) in [6.45, 7) is 1.67.